The third-order valence-electron chi connectivity index (χ3n) is 2.50. The maximum atomic E-state index is 12.5. The average Bonchev–Trinajstić information content (AvgIpc) is 2.88. The molecule has 1 aromatic heterocycles. The summed E-state index contributed by atoms with van der Waals surface area (Å²) < 4.78 is 42.0. The zero-order valence-electron chi connectivity index (χ0n) is 10.2. The van der Waals surface area contributed by atoms with E-state index in [0.29, 0.717) is 16.9 Å². The third kappa shape index (κ3) is 2.74. The maximum absolute atomic E-state index is 12.5. The molecular formula is C12H9F3N2O2S. The number of nitrogens with two attached hydrogens (primary N) is 1. The van der Waals surface area contributed by atoms with Gasteiger partial charge >= 0.3 is 12.1 Å². The van der Waals surface area contributed by atoms with Gasteiger partial charge < -0.3 is 10.5 Å². The lowest BCUT2D eigenvalue weighted by molar-refractivity contribution is -0.137. The van der Waals surface area contributed by atoms with Gasteiger partial charge in [-0.25, -0.2) is 9.78 Å². The van der Waals surface area contributed by atoms with Gasteiger partial charge in [0, 0.05) is 16.6 Å². The van der Waals surface area contributed by atoms with Crippen molar-refractivity contribution in [2.45, 2.75) is 6.18 Å². The monoisotopic (exact) mass is 302 g/mol. The minimum Gasteiger partial charge on any atom is -0.465 e. The molecule has 0 aliphatic rings. The summed E-state index contributed by atoms with van der Waals surface area (Å²) in [6.07, 6.45) is -4.48. The van der Waals surface area contributed by atoms with Crippen LogP contribution in [0.2, 0.25) is 0 Å². The van der Waals surface area contributed by atoms with Crippen molar-refractivity contribution in [3.63, 3.8) is 0 Å². The molecule has 2 rings (SSSR count). The molecule has 8 heteroatoms. The first-order valence-electron chi connectivity index (χ1n) is 5.34. The largest absolute Gasteiger partial charge is 0.465 e. The summed E-state index contributed by atoms with van der Waals surface area (Å²) in [5.41, 5.74) is 6.40. The zero-order valence-corrected chi connectivity index (χ0v) is 11.0. The van der Waals surface area contributed by atoms with Gasteiger partial charge in [0.15, 0.2) is 5.01 Å². The Bertz CT molecular complexity index is 652. The van der Waals surface area contributed by atoms with E-state index < -0.39 is 17.2 Å². The van der Waals surface area contributed by atoms with Crippen molar-refractivity contribution in [3.05, 3.63) is 34.2 Å². The fraction of sp³-hybridized carbons (Fsp3) is 0.167. The van der Waals surface area contributed by atoms with E-state index in [2.05, 4.69) is 9.72 Å². The van der Waals surface area contributed by atoms with Gasteiger partial charge in [-0.2, -0.15) is 13.2 Å². The predicted molar refractivity (Wildman–Crippen MR) is 68.3 cm³/mol. The lowest BCUT2D eigenvalue weighted by Gasteiger charge is -2.05. The van der Waals surface area contributed by atoms with Crippen LogP contribution < -0.4 is 5.73 Å². The number of halogens is 3. The summed E-state index contributed by atoms with van der Waals surface area (Å²) in [6, 6.07) is 4.28. The SMILES string of the molecule is COC(=O)c1cc(-c2csc(C(F)(F)F)n2)ccc1N. The van der Waals surface area contributed by atoms with Gasteiger partial charge in [0.2, 0.25) is 0 Å². The van der Waals surface area contributed by atoms with Crippen molar-refractivity contribution in [1.82, 2.24) is 4.98 Å². The molecule has 0 saturated carbocycles. The van der Waals surface area contributed by atoms with Crippen LogP contribution >= 0.6 is 11.3 Å². The van der Waals surface area contributed by atoms with E-state index in [1.807, 2.05) is 0 Å². The highest BCUT2D eigenvalue weighted by molar-refractivity contribution is 7.10. The zero-order chi connectivity index (χ0) is 14.9. The first-order valence-corrected chi connectivity index (χ1v) is 6.22. The van der Waals surface area contributed by atoms with Crippen LogP contribution in [0, 0.1) is 0 Å². The molecule has 0 unspecified atom stereocenters. The highest BCUT2D eigenvalue weighted by Crippen LogP contribution is 2.34. The number of hydrogen-bond donors (Lipinski definition) is 1. The Hall–Kier alpha value is -2.09. The number of aromatic nitrogens is 1. The highest BCUT2D eigenvalue weighted by Gasteiger charge is 2.34. The molecule has 1 aromatic carbocycles. The second-order valence-corrected chi connectivity index (χ2v) is 4.69. The van der Waals surface area contributed by atoms with Gasteiger partial charge in [0.05, 0.1) is 18.4 Å². The van der Waals surface area contributed by atoms with Gasteiger partial charge in [-0.3, -0.25) is 0 Å². The first-order chi connectivity index (χ1) is 9.32. The van der Waals surface area contributed by atoms with E-state index in [9.17, 15) is 18.0 Å². The van der Waals surface area contributed by atoms with Gasteiger partial charge in [0.25, 0.3) is 0 Å². The summed E-state index contributed by atoms with van der Waals surface area (Å²) in [4.78, 5) is 15.0. The second-order valence-electron chi connectivity index (χ2n) is 3.83. The van der Waals surface area contributed by atoms with Crippen LogP contribution in [0.15, 0.2) is 23.6 Å². The standard InChI is InChI=1S/C12H9F3N2O2S/c1-19-10(18)7-4-6(2-3-8(7)16)9-5-20-11(17-9)12(13,14)15/h2-5H,16H2,1H3. The maximum Gasteiger partial charge on any atom is 0.443 e. The molecule has 0 atom stereocenters. The van der Waals surface area contributed by atoms with Gasteiger partial charge in [-0.15, -0.1) is 11.3 Å². The summed E-state index contributed by atoms with van der Waals surface area (Å²) in [6.45, 7) is 0. The molecule has 1 heterocycles. The number of benzene rings is 1. The Balaban J connectivity index is 2.43. The number of methoxy groups -OCH3 is 1. The van der Waals surface area contributed by atoms with E-state index in [0.717, 1.165) is 0 Å². The van der Waals surface area contributed by atoms with E-state index >= 15 is 0 Å². The van der Waals surface area contributed by atoms with Crippen LogP contribution in [0.25, 0.3) is 11.3 Å². The predicted octanol–water partition coefficient (Wildman–Crippen LogP) is 3.20. The molecule has 0 fully saturated rings. The topological polar surface area (TPSA) is 65.2 Å². The lowest BCUT2D eigenvalue weighted by atomic mass is 10.1. The van der Waals surface area contributed by atoms with Crippen LogP contribution in [-0.2, 0) is 10.9 Å². The molecule has 20 heavy (non-hydrogen) atoms. The number of nitrogen functional groups attached to an aromatic ring is 1. The number of hydrogen-bond acceptors (Lipinski definition) is 5. The van der Waals surface area contributed by atoms with Crippen LogP contribution in [0.5, 0.6) is 0 Å². The minimum atomic E-state index is -4.48. The Morgan fingerprint density at radius 3 is 2.65 bits per heavy atom. The fourth-order valence-electron chi connectivity index (χ4n) is 1.54. The summed E-state index contributed by atoms with van der Waals surface area (Å²) in [5, 5.41) is 0.332. The van der Waals surface area contributed by atoms with Crippen LogP contribution in [-0.4, -0.2) is 18.1 Å². The Kier molecular flexibility index (Phi) is 3.67. The number of esters is 1. The summed E-state index contributed by atoms with van der Waals surface area (Å²) in [5.74, 6) is -0.657. The highest BCUT2D eigenvalue weighted by atomic mass is 32.1. The number of ether oxygens (including phenoxy) is 1. The van der Waals surface area contributed by atoms with Crippen molar-refractivity contribution in [1.29, 1.82) is 0 Å². The third-order valence-corrected chi connectivity index (χ3v) is 3.39. The van der Waals surface area contributed by atoms with E-state index in [4.69, 9.17) is 5.73 Å². The molecule has 0 amide bonds. The summed E-state index contributed by atoms with van der Waals surface area (Å²) in [7, 11) is 1.19. The van der Waals surface area contributed by atoms with Gasteiger partial charge in [-0.05, 0) is 12.1 Å². The molecule has 4 nitrogen and oxygen atoms in total. The molecule has 106 valence electrons. The van der Waals surface area contributed by atoms with Crippen LogP contribution in [0.3, 0.4) is 0 Å². The molecule has 0 radical (unpaired) electrons. The smallest absolute Gasteiger partial charge is 0.443 e. The first kappa shape index (κ1) is 14.3. The van der Waals surface area contributed by atoms with Gasteiger partial charge in [0.1, 0.15) is 0 Å². The number of rotatable bonds is 2. The molecule has 0 saturated heterocycles. The van der Waals surface area contributed by atoms with Crippen LogP contribution in [0.1, 0.15) is 15.4 Å². The van der Waals surface area contributed by atoms with E-state index in [1.165, 1.54) is 30.7 Å². The van der Waals surface area contributed by atoms with Gasteiger partial charge in [-0.1, -0.05) is 6.07 Å². The number of carbonyl (C=O) groups excluding carboxylic acids is 1. The lowest BCUT2D eigenvalue weighted by Crippen LogP contribution is -2.06. The Labute approximate surface area is 116 Å². The molecule has 0 aliphatic heterocycles. The van der Waals surface area contributed by atoms with Crippen molar-refractivity contribution < 1.29 is 22.7 Å². The number of thiazole rings is 1. The van der Waals surface area contributed by atoms with Crippen molar-refractivity contribution in [3.8, 4) is 11.3 Å². The quantitative estimate of drug-likeness (QED) is 0.683. The number of nitrogens with zero attached hydrogens (tertiary/aromatic N) is 1. The van der Waals surface area contributed by atoms with Crippen LogP contribution in [0.4, 0.5) is 18.9 Å². The van der Waals surface area contributed by atoms with E-state index in [1.54, 1.807) is 0 Å². The number of alkyl halides is 3. The second kappa shape index (κ2) is 5.12. The average molecular weight is 302 g/mol. The molecule has 2 N–H and O–H groups in total. The minimum absolute atomic E-state index is 0.0894. The number of carbonyl (C=O) groups is 1. The fourth-order valence-corrected chi connectivity index (χ4v) is 2.24. The van der Waals surface area contributed by atoms with Crippen molar-refractivity contribution in [2.24, 2.45) is 0 Å². The number of anilines is 1. The normalized spacial score (nSPS) is 11.4. The molecular weight excluding hydrogens is 293 g/mol. The molecule has 0 spiro atoms. The van der Waals surface area contributed by atoms with Crippen molar-refractivity contribution in [2.75, 3.05) is 12.8 Å². The molecule has 0 aliphatic carbocycles. The van der Waals surface area contributed by atoms with E-state index in [-0.39, 0.29) is 16.9 Å². The molecule has 2 aromatic rings. The Morgan fingerprint density at radius 2 is 2.10 bits per heavy atom. The Morgan fingerprint density at radius 1 is 1.40 bits per heavy atom. The summed E-state index contributed by atoms with van der Waals surface area (Å²) >= 11 is 0.492. The molecule has 0 bridgehead atoms. The van der Waals surface area contributed by atoms with Crippen molar-refractivity contribution >= 4 is 23.0 Å².